The Bertz CT molecular complexity index is 430. The molecule has 0 spiro atoms. The molecule has 1 aliphatic rings. The number of benzene rings is 1. The van der Waals surface area contributed by atoms with Crippen LogP contribution in [-0.4, -0.2) is 11.5 Å². The van der Waals surface area contributed by atoms with E-state index in [0.29, 0.717) is 6.42 Å². The number of rotatable bonds is 2. The molecule has 0 aromatic heterocycles. The third-order valence-corrected chi connectivity index (χ3v) is 3.59. The summed E-state index contributed by atoms with van der Waals surface area (Å²) in [5, 5.41) is 10.6. The molecule has 1 aromatic carbocycles. The summed E-state index contributed by atoms with van der Waals surface area (Å²) in [5.41, 5.74) is -0.991. The lowest BCUT2D eigenvalue weighted by atomic mass is 9.84. The highest BCUT2D eigenvalue weighted by Gasteiger charge is 2.43. The third-order valence-electron chi connectivity index (χ3n) is 3.59. The quantitative estimate of drug-likeness (QED) is 0.880. The normalized spacial score (nSPS) is 28.4. The Hall–Kier alpha value is -1.23. The van der Waals surface area contributed by atoms with Crippen LogP contribution in [0.5, 0.6) is 5.75 Å². The fourth-order valence-electron chi connectivity index (χ4n) is 2.60. The molecule has 2 unspecified atom stereocenters. The lowest BCUT2D eigenvalue weighted by Gasteiger charge is -2.30. The zero-order valence-electron chi connectivity index (χ0n) is 10.00. The average molecular weight is 260 g/mol. The van der Waals surface area contributed by atoms with Gasteiger partial charge in [-0.3, -0.25) is 0 Å². The summed E-state index contributed by atoms with van der Waals surface area (Å²) in [5.74, 6) is -0.378. The van der Waals surface area contributed by atoms with Gasteiger partial charge in [0.1, 0.15) is 5.75 Å². The molecule has 5 heteroatoms. The van der Waals surface area contributed by atoms with E-state index in [2.05, 4.69) is 4.74 Å². The molecule has 2 atom stereocenters. The van der Waals surface area contributed by atoms with Gasteiger partial charge in [0.05, 0.1) is 5.60 Å². The smallest absolute Gasteiger partial charge is 0.405 e. The number of ether oxygens (including phenoxy) is 1. The Morgan fingerprint density at radius 3 is 2.56 bits per heavy atom. The Balaban J connectivity index is 2.39. The molecule has 1 fully saturated rings. The molecular weight excluding hydrogens is 245 g/mol. The van der Waals surface area contributed by atoms with E-state index in [0.717, 1.165) is 12.8 Å². The van der Waals surface area contributed by atoms with Crippen LogP contribution >= 0.6 is 0 Å². The molecule has 1 aliphatic carbocycles. The Morgan fingerprint density at radius 2 is 2.00 bits per heavy atom. The fourth-order valence-corrected chi connectivity index (χ4v) is 2.60. The van der Waals surface area contributed by atoms with Crippen LogP contribution in [0, 0.1) is 5.92 Å². The van der Waals surface area contributed by atoms with Crippen LogP contribution < -0.4 is 4.74 Å². The van der Waals surface area contributed by atoms with Crippen molar-refractivity contribution in [3.63, 3.8) is 0 Å². The van der Waals surface area contributed by atoms with E-state index >= 15 is 0 Å². The van der Waals surface area contributed by atoms with E-state index in [1.165, 1.54) is 18.2 Å². The molecule has 2 rings (SSSR count). The zero-order chi connectivity index (χ0) is 13.4. The van der Waals surface area contributed by atoms with Crippen LogP contribution in [0.15, 0.2) is 24.3 Å². The highest BCUT2D eigenvalue weighted by Crippen LogP contribution is 2.46. The van der Waals surface area contributed by atoms with Crippen molar-refractivity contribution in [3.05, 3.63) is 29.8 Å². The van der Waals surface area contributed by atoms with Crippen LogP contribution in [0.1, 0.15) is 31.7 Å². The summed E-state index contributed by atoms with van der Waals surface area (Å²) in [6.45, 7) is 1.84. The van der Waals surface area contributed by atoms with Crippen molar-refractivity contribution in [1.82, 2.24) is 0 Å². The molecule has 0 bridgehead atoms. The van der Waals surface area contributed by atoms with Gasteiger partial charge < -0.3 is 9.84 Å². The van der Waals surface area contributed by atoms with Crippen molar-refractivity contribution in [3.8, 4) is 5.75 Å². The molecule has 1 aromatic rings. The van der Waals surface area contributed by atoms with Crippen molar-refractivity contribution in [1.29, 1.82) is 0 Å². The highest BCUT2D eigenvalue weighted by atomic mass is 19.4. The number of para-hydroxylation sites is 1. The molecular formula is C13H15F3O2. The molecule has 18 heavy (non-hydrogen) atoms. The van der Waals surface area contributed by atoms with Gasteiger partial charge in [-0.25, -0.2) is 0 Å². The van der Waals surface area contributed by atoms with Gasteiger partial charge in [-0.05, 0) is 31.2 Å². The molecule has 100 valence electrons. The number of aliphatic hydroxyl groups is 1. The van der Waals surface area contributed by atoms with Gasteiger partial charge in [0.15, 0.2) is 0 Å². The van der Waals surface area contributed by atoms with E-state index in [-0.39, 0.29) is 17.2 Å². The first-order valence-corrected chi connectivity index (χ1v) is 5.90. The minimum absolute atomic E-state index is 0.0736. The molecule has 1 N–H and O–H groups in total. The fraction of sp³-hybridized carbons (Fsp3) is 0.538. The highest BCUT2D eigenvalue weighted by molar-refractivity contribution is 5.39. The summed E-state index contributed by atoms with van der Waals surface area (Å²) in [4.78, 5) is 0. The predicted molar refractivity (Wildman–Crippen MR) is 60.0 cm³/mol. The van der Waals surface area contributed by atoms with E-state index in [1.807, 2.05) is 6.92 Å². The van der Waals surface area contributed by atoms with E-state index < -0.39 is 12.0 Å². The second-order valence-corrected chi connectivity index (χ2v) is 4.76. The average Bonchev–Trinajstić information content (AvgIpc) is 2.59. The van der Waals surface area contributed by atoms with Gasteiger partial charge in [0, 0.05) is 5.56 Å². The van der Waals surface area contributed by atoms with Gasteiger partial charge in [-0.2, -0.15) is 0 Å². The number of halogens is 3. The monoisotopic (exact) mass is 260 g/mol. The Kier molecular flexibility index (Phi) is 3.27. The second-order valence-electron chi connectivity index (χ2n) is 4.76. The topological polar surface area (TPSA) is 29.5 Å². The molecule has 0 amide bonds. The van der Waals surface area contributed by atoms with Crippen molar-refractivity contribution >= 4 is 0 Å². The Labute approximate surface area is 103 Å². The first kappa shape index (κ1) is 13.2. The summed E-state index contributed by atoms with van der Waals surface area (Å²) >= 11 is 0. The van der Waals surface area contributed by atoms with Crippen molar-refractivity contribution in [2.24, 2.45) is 5.92 Å². The third kappa shape index (κ3) is 2.46. The molecule has 0 heterocycles. The first-order chi connectivity index (χ1) is 8.33. The first-order valence-electron chi connectivity index (χ1n) is 5.90. The summed E-state index contributed by atoms with van der Waals surface area (Å²) in [7, 11) is 0. The Morgan fingerprint density at radius 1 is 1.33 bits per heavy atom. The largest absolute Gasteiger partial charge is 0.573 e. The van der Waals surface area contributed by atoms with E-state index in [9.17, 15) is 18.3 Å². The van der Waals surface area contributed by atoms with Crippen LogP contribution in [0.2, 0.25) is 0 Å². The van der Waals surface area contributed by atoms with Crippen molar-refractivity contribution < 1.29 is 23.0 Å². The van der Waals surface area contributed by atoms with E-state index in [4.69, 9.17) is 0 Å². The maximum atomic E-state index is 12.3. The molecule has 1 saturated carbocycles. The number of hydrogen-bond acceptors (Lipinski definition) is 2. The van der Waals surface area contributed by atoms with Gasteiger partial charge in [-0.1, -0.05) is 25.1 Å². The van der Waals surface area contributed by atoms with Crippen LogP contribution in [0.4, 0.5) is 13.2 Å². The maximum absolute atomic E-state index is 12.3. The molecule has 0 radical (unpaired) electrons. The minimum atomic E-state index is -4.74. The van der Waals surface area contributed by atoms with Crippen LogP contribution in [0.25, 0.3) is 0 Å². The second kappa shape index (κ2) is 4.46. The number of alkyl halides is 3. The van der Waals surface area contributed by atoms with Crippen molar-refractivity contribution in [2.75, 3.05) is 0 Å². The number of hydrogen-bond donors (Lipinski definition) is 1. The lowest BCUT2D eigenvalue weighted by Crippen LogP contribution is -2.30. The van der Waals surface area contributed by atoms with Crippen LogP contribution in [-0.2, 0) is 5.60 Å². The van der Waals surface area contributed by atoms with E-state index in [1.54, 1.807) is 6.07 Å². The minimum Gasteiger partial charge on any atom is -0.405 e. The lowest BCUT2D eigenvalue weighted by molar-refractivity contribution is -0.275. The van der Waals surface area contributed by atoms with Crippen molar-refractivity contribution in [2.45, 2.75) is 38.1 Å². The SMILES string of the molecule is CC1CCCC1(O)c1ccccc1OC(F)(F)F. The van der Waals surface area contributed by atoms with Gasteiger partial charge in [0.25, 0.3) is 0 Å². The standard InChI is InChI=1S/C13H15F3O2/c1-9-5-4-8-12(9,17)10-6-2-3-7-11(10)18-13(14,15)16/h2-3,6-7,9,17H,4-5,8H2,1H3. The van der Waals surface area contributed by atoms with Gasteiger partial charge in [-0.15, -0.1) is 13.2 Å². The molecule has 0 aliphatic heterocycles. The summed E-state index contributed by atoms with van der Waals surface area (Å²) < 4.78 is 41.0. The van der Waals surface area contributed by atoms with Crippen LogP contribution in [0.3, 0.4) is 0 Å². The summed E-state index contributed by atoms with van der Waals surface area (Å²) in [6.07, 6.45) is -2.67. The van der Waals surface area contributed by atoms with Gasteiger partial charge >= 0.3 is 6.36 Å². The zero-order valence-corrected chi connectivity index (χ0v) is 10.00. The predicted octanol–water partition coefficient (Wildman–Crippen LogP) is 3.59. The molecule has 0 saturated heterocycles. The molecule has 2 nitrogen and oxygen atoms in total. The summed E-state index contributed by atoms with van der Waals surface area (Å²) in [6, 6.07) is 5.82. The van der Waals surface area contributed by atoms with Gasteiger partial charge in [0.2, 0.25) is 0 Å². The maximum Gasteiger partial charge on any atom is 0.573 e.